The number of benzene rings is 2. The standard InChI is InChI=1S/C19H18Cl2N2O3/c20-16-8-7-14(10-17(16)21)23-19(25)13-5-3-12(4-6-13)18(24)22-11-15-2-1-9-26-15/h3-8,10,15H,1-2,9,11H2,(H,22,24)(H,23,25). The highest BCUT2D eigenvalue weighted by Crippen LogP contribution is 2.25. The van der Waals surface area contributed by atoms with Crippen molar-refractivity contribution in [2.24, 2.45) is 0 Å². The topological polar surface area (TPSA) is 67.4 Å². The van der Waals surface area contributed by atoms with E-state index in [4.69, 9.17) is 27.9 Å². The van der Waals surface area contributed by atoms with Crippen LogP contribution in [0.25, 0.3) is 0 Å². The molecule has 0 bridgehead atoms. The van der Waals surface area contributed by atoms with Crippen LogP contribution >= 0.6 is 23.2 Å². The van der Waals surface area contributed by atoms with Crippen molar-refractivity contribution in [2.75, 3.05) is 18.5 Å². The molecule has 1 atom stereocenters. The normalized spacial score (nSPS) is 16.3. The highest BCUT2D eigenvalue weighted by atomic mass is 35.5. The number of ether oxygens (including phenoxy) is 1. The van der Waals surface area contributed by atoms with Crippen LogP contribution in [0.2, 0.25) is 10.0 Å². The summed E-state index contributed by atoms with van der Waals surface area (Å²) >= 11 is 11.8. The number of carbonyl (C=O) groups excluding carboxylic acids is 2. The zero-order valence-electron chi connectivity index (χ0n) is 13.9. The summed E-state index contributed by atoms with van der Waals surface area (Å²) in [5.74, 6) is -0.480. The van der Waals surface area contributed by atoms with E-state index >= 15 is 0 Å². The van der Waals surface area contributed by atoms with Crippen LogP contribution in [0.1, 0.15) is 33.6 Å². The molecular weight excluding hydrogens is 375 g/mol. The molecular formula is C19H18Cl2N2O3. The molecule has 3 rings (SSSR count). The quantitative estimate of drug-likeness (QED) is 0.802. The number of carbonyl (C=O) groups is 2. The lowest BCUT2D eigenvalue weighted by molar-refractivity contribution is 0.0857. The van der Waals surface area contributed by atoms with Crippen LogP contribution in [0.5, 0.6) is 0 Å². The van der Waals surface area contributed by atoms with Crippen LogP contribution in [-0.2, 0) is 4.74 Å². The smallest absolute Gasteiger partial charge is 0.255 e. The van der Waals surface area contributed by atoms with Gasteiger partial charge in [0.2, 0.25) is 0 Å². The van der Waals surface area contributed by atoms with Crippen LogP contribution < -0.4 is 10.6 Å². The minimum atomic E-state index is -0.297. The van der Waals surface area contributed by atoms with E-state index in [1.807, 2.05) is 0 Å². The van der Waals surface area contributed by atoms with Crippen molar-refractivity contribution in [3.8, 4) is 0 Å². The van der Waals surface area contributed by atoms with Gasteiger partial charge in [-0.15, -0.1) is 0 Å². The minimum absolute atomic E-state index is 0.0928. The average molecular weight is 393 g/mol. The van der Waals surface area contributed by atoms with E-state index in [1.54, 1.807) is 42.5 Å². The van der Waals surface area contributed by atoms with Gasteiger partial charge in [0, 0.05) is 30.0 Å². The molecule has 1 aliphatic heterocycles. The van der Waals surface area contributed by atoms with Crippen molar-refractivity contribution in [1.29, 1.82) is 0 Å². The van der Waals surface area contributed by atoms with Gasteiger partial charge >= 0.3 is 0 Å². The van der Waals surface area contributed by atoms with Crippen LogP contribution in [0.3, 0.4) is 0 Å². The maximum absolute atomic E-state index is 12.3. The fourth-order valence-corrected chi connectivity index (χ4v) is 2.96. The van der Waals surface area contributed by atoms with Crippen LogP contribution in [0.4, 0.5) is 5.69 Å². The van der Waals surface area contributed by atoms with Crippen molar-refractivity contribution in [1.82, 2.24) is 5.32 Å². The molecule has 5 nitrogen and oxygen atoms in total. The molecule has 1 heterocycles. The molecule has 0 spiro atoms. The highest BCUT2D eigenvalue weighted by molar-refractivity contribution is 6.42. The van der Waals surface area contributed by atoms with Crippen LogP contribution in [0.15, 0.2) is 42.5 Å². The van der Waals surface area contributed by atoms with Gasteiger partial charge in [0.15, 0.2) is 0 Å². The lowest BCUT2D eigenvalue weighted by Crippen LogP contribution is -2.31. The Morgan fingerprint density at radius 2 is 1.69 bits per heavy atom. The van der Waals surface area contributed by atoms with Gasteiger partial charge in [-0.25, -0.2) is 0 Å². The molecule has 1 aliphatic rings. The average Bonchev–Trinajstić information content (AvgIpc) is 3.16. The Morgan fingerprint density at radius 1 is 1.00 bits per heavy atom. The molecule has 0 saturated carbocycles. The van der Waals surface area contributed by atoms with Crippen LogP contribution in [0, 0.1) is 0 Å². The first-order chi connectivity index (χ1) is 12.5. The molecule has 2 amide bonds. The first kappa shape index (κ1) is 18.7. The lowest BCUT2D eigenvalue weighted by Gasteiger charge is -2.11. The van der Waals surface area contributed by atoms with Gasteiger partial charge in [0.1, 0.15) is 0 Å². The molecule has 1 saturated heterocycles. The number of rotatable bonds is 5. The molecule has 2 N–H and O–H groups in total. The Labute approximate surface area is 161 Å². The molecule has 2 aromatic carbocycles. The summed E-state index contributed by atoms with van der Waals surface area (Å²) < 4.78 is 5.48. The first-order valence-corrected chi connectivity index (χ1v) is 9.05. The zero-order chi connectivity index (χ0) is 18.5. The second-order valence-electron chi connectivity index (χ2n) is 6.01. The van der Waals surface area contributed by atoms with E-state index in [2.05, 4.69) is 10.6 Å². The van der Waals surface area contributed by atoms with Gasteiger partial charge in [0.25, 0.3) is 11.8 Å². The summed E-state index contributed by atoms with van der Waals surface area (Å²) in [5, 5.41) is 6.37. The molecule has 26 heavy (non-hydrogen) atoms. The second kappa shape index (κ2) is 8.54. The summed E-state index contributed by atoms with van der Waals surface area (Å²) in [4.78, 5) is 24.4. The van der Waals surface area contributed by atoms with Crippen molar-refractivity contribution in [3.63, 3.8) is 0 Å². The molecule has 7 heteroatoms. The number of hydrogen-bond donors (Lipinski definition) is 2. The SMILES string of the molecule is O=C(NCC1CCCO1)c1ccc(C(=O)Nc2ccc(Cl)c(Cl)c2)cc1. The van der Waals surface area contributed by atoms with E-state index in [9.17, 15) is 9.59 Å². The summed E-state index contributed by atoms with van der Waals surface area (Å²) in [6.07, 6.45) is 2.09. The number of hydrogen-bond acceptors (Lipinski definition) is 3. The fourth-order valence-electron chi connectivity index (χ4n) is 2.66. The van der Waals surface area contributed by atoms with E-state index in [0.29, 0.717) is 33.4 Å². The maximum atomic E-state index is 12.3. The van der Waals surface area contributed by atoms with E-state index < -0.39 is 0 Å². The van der Waals surface area contributed by atoms with Crippen molar-refractivity contribution in [2.45, 2.75) is 18.9 Å². The van der Waals surface area contributed by atoms with Gasteiger partial charge < -0.3 is 15.4 Å². The van der Waals surface area contributed by atoms with Crippen molar-refractivity contribution < 1.29 is 14.3 Å². The summed E-state index contributed by atoms with van der Waals surface area (Å²) in [5.41, 5.74) is 1.48. The van der Waals surface area contributed by atoms with Crippen molar-refractivity contribution in [3.05, 3.63) is 63.6 Å². The summed E-state index contributed by atoms with van der Waals surface area (Å²) in [6, 6.07) is 11.3. The molecule has 0 aliphatic carbocycles. The Balaban J connectivity index is 1.58. The molecule has 0 radical (unpaired) electrons. The third-order valence-corrected chi connectivity index (χ3v) is 4.84. The lowest BCUT2D eigenvalue weighted by atomic mass is 10.1. The predicted molar refractivity (Wildman–Crippen MR) is 102 cm³/mol. The summed E-state index contributed by atoms with van der Waals surface area (Å²) in [6.45, 7) is 1.25. The monoisotopic (exact) mass is 392 g/mol. The zero-order valence-corrected chi connectivity index (χ0v) is 15.4. The van der Waals surface area contributed by atoms with E-state index in [0.717, 1.165) is 19.4 Å². The predicted octanol–water partition coefficient (Wildman–Crippen LogP) is 4.15. The minimum Gasteiger partial charge on any atom is -0.376 e. The summed E-state index contributed by atoms with van der Waals surface area (Å²) in [7, 11) is 0. The molecule has 136 valence electrons. The fraction of sp³-hybridized carbons (Fsp3) is 0.263. The Hall–Kier alpha value is -2.08. The molecule has 2 aromatic rings. The molecule has 1 unspecified atom stereocenters. The second-order valence-corrected chi connectivity index (χ2v) is 6.82. The van der Waals surface area contributed by atoms with Gasteiger partial charge in [-0.05, 0) is 55.3 Å². The number of amides is 2. The van der Waals surface area contributed by atoms with Crippen molar-refractivity contribution >= 4 is 40.7 Å². The number of nitrogens with one attached hydrogen (secondary N) is 2. The Bertz CT molecular complexity index is 803. The third-order valence-electron chi connectivity index (χ3n) is 4.10. The Morgan fingerprint density at radius 3 is 2.31 bits per heavy atom. The van der Waals surface area contributed by atoms with Gasteiger partial charge in [0.05, 0.1) is 16.1 Å². The third kappa shape index (κ3) is 4.75. The van der Waals surface area contributed by atoms with Gasteiger partial charge in [-0.2, -0.15) is 0 Å². The molecule has 1 fully saturated rings. The van der Waals surface area contributed by atoms with E-state index in [1.165, 1.54) is 0 Å². The first-order valence-electron chi connectivity index (χ1n) is 8.29. The largest absolute Gasteiger partial charge is 0.376 e. The number of halogens is 2. The van der Waals surface area contributed by atoms with Gasteiger partial charge in [-0.3, -0.25) is 9.59 Å². The molecule has 0 aromatic heterocycles. The maximum Gasteiger partial charge on any atom is 0.255 e. The van der Waals surface area contributed by atoms with Crippen LogP contribution in [-0.4, -0.2) is 31.1 Å². The van der Waals surface area contributed by atoms with E-state index in [-0.39, 0.29) is 17.9 Å². The Kier molecular flexibility index (Phi) is 6.14. The number of anilines is 1. The van der Waals surface area contributed by atoms with Gasteiger partial charge in [-0.1, -0.05) is 23.2 Å². The highest BCUT2D eigenvalue weighted by Gasteiger charge is 2.17.